The van der Waals surface area contributed by atoms with Crippen LogP contribution in [0.25, 0.3) is 10.9 Å². The van der Waals surface area contributed by atoms with E-state index in [9.17, 15) is 9.59 Å². The van der Waals surface area contributed by atoms with Crippen LogP contribution in [0.2, 0.25) is 0 Å². The average molecular weight is 444 g/mol. The monoisotopic (exact) mass is 443 g/mol. The molecule has 1 atom stereocenters. The number of hydrogen-bond acceptors (Lipinski definition) is 2. The van der Waals surface area contributed by atoms with Crippen LogP contribution in [-0.4, -0.2) is 28.0 Å². The zero-order chi connectivity index (χ0) is 23.0. The Hall–Kier alpha value is -3.08. The van der Waals surface area contributed by atoms with Crippen LogP contribution in [-0.2, 0) is 11.3 Å². The van der Waals surface area contributed by atoms with Gasteiger partial charge in [0.2, 0.25) is 5.91 Å². The van der Waals surface area contributed by atoms with Gasteiger partial charge in [-0.25, -0.2) is 0 Å². The Morgan fingerprint density at radius 1 is 0.970 bits per heavy atom. The summed E-state index contributed by atoms with van der Waals surface area (Å²) in [5, 5.41) is 4.38. The van der Waals surface area contributed by atoms with Crippen LogP contribution < -0.4 is 10.2 Å². The first-order valence-electron chi connectivity index (χ1n) is 12.3. The molecule has 33 heavy (non-hydrogen) atoms. The van der Waals surface area contributed by atoms with E-state index in [-0.39, 0.29) is 17.9 Å². The molecule has 0 spiro atoms. The molecular weight excluding hydrogens is 410 g/mol. The number of para-hydroxylation sites is 1. The van der Waals surface area contributed by atoms with Crippen molar-refractivity contribution in [1.82, 2.24) is 9.88 Å². The normalized spacial score (nSPS) is 22.0. The Kier molecular flexibility index (Phi) is 5.73. The molecule has 0 radical (unpaired) electrons. The third-order valence-corrected chi connectivity index (χ3v) is 7.41. The molecule has 172 valence electrons. The van der Waals surface area contributed by atoms with Crippen molar-refractivity contribution in [2.45, 2.75) is 76.9 Å². The minimum absolute atomic E-state index is 0.0644. The smallest absolute Gasteiger partial charge is 0.275 e. The molecule has 1 aromatic heterocycles. The Morgan fingerprint density at radius 3 is 2.36 bits per heavy atom. The quantitative estimate of drug-likeness (QED) is 0.573. The van der Waals surface area contributed by atoms with Crippen molar-refractivity contribution in [3.8, 4) is 0 Å². The summed E-state index contributed by atoms with van der Waals surface area (Å²) in [6.07, 6.45) is 8.07. The number of anilines is 1. The van der Waals surface area contributed by atoms with Crippen LogP contribution >= 0.6 is 0 Å². The zero-order valence-electron chi connectivity index (χ0n) is 19.6. The lowest BCUT2D eigenvalue weighted by Crippen LogP contribution is -2.65. The lowest BCUT2D eigenvalue weighted by atomic mass is 9.91. The molecule has 2 aromatic carbocycles. The topological polar surface area (TPSA) is 54.3 Å². The molecule has 2 heterocycles. The number of carbonyl (C=O) groups is 2. The van der Waals surface area contributed by atoms with Gasteiger partial charge in [-0.05, 0) is 51.0 Å². The fourth-order valence-corrected chi connectivity index (χ4v) is 5.49. The first-order valence-corrected chi connectivity index (χ1v) is 12.3. The molecule has 5 heteroatoms. The molecule has 0 unspecified atom stereocenters. The number of rotatable bonds is 3. The number of carbonyl (C=O) groups excluding carboxylic acids is 2. The van der Waals surface area contributed by atoms with Crippen molar-refractivity contribution in [2.24, 2.45) is 0 Å². The van der Waals surface area contributed by atoms with Gasteiger partial charge in [-0.15, -0.1) is 0 Å². The average Bonchev–Trinajstić information content (AvgIpc) is 3.15. The van der Waals surface area contributed by atoms with Gasteiger partial charge in [-0.1, -0.05) is 68.0 Å². The first kappa shape index (κ1) is 21.7. The fourth-order valence-electron chi connectivity index (χ4n) is 5.49. The zero-order valence-corrected chi connectivity index (χ0v) is 19.6. The summed E-state index contributed by atoms with van der Waals surface area (Å²) < 4.78 is 2.03. The number of nitrogens with one attached hydrogen (secondary N) is 1. The van der Waals surface area contributed by atoms with Crippen molar-refractivity contribution < 1.29 is 9.59 Å². The second-order valence-corrected chi connectivity index (χ2v) is 9.94. The fraction of sp³-hybridized carbons (Fsp3) is 0.429. The standard InChI is InChI=1S/C28H33N3O2/c1-20-14-16-23(17-15-20)31-26(32)25-18-21-10-8-9-13-24(21)30(25)19-28(31,2)27(33)29-22-11-6-4-3-5-7-12-22/h8-10,13-18,22H,3-7,11-12,19H2,1-2H3,(H,29,33)/t28-/m0/s1. The third kappa shape index (κ3) is 3.94. The Bertz CT molecular complexity index is 1170. The van der Waals surface area contributed by atoms with Crippen LogP contribution in [0, 0.1) is 6.92 Å². The number of benzene rings is 2. The predicted molar refractivity (Wildman–Crippen MR) is 133 cm³/mol. The summed E-state index contributed by atoms with van der Waals surface area (Å²) >= 11 is 0. The Balaban J connectivity index is 1.56. The minimum Gasteiger partial charge on any atom is -0.351 e. The van der Waals surface area contributed by atoms with E-state index in [2.05, 4.69) is 5.32 Å². The van der Waals surface area contributed by atoms with E-state index in [4.69, 9.17) is 0 Å². The van der Waals surface area contributed by atoms with Crippen molar-refractivity contribution in [1.29, 1.82) is 0 Å². The van der Waals surface area contributed by atoms with E-state index in [1.165, 1.54) is 19.3 Å². The van der Waals surface area contributed by atoms with Gasteiger partial charge in [0.05, 0.1) is 6.54 Å². The van der Waals surface area contributed by atoms with Gasteiger partial charge in [0.1, 0.15) is 11.2 Å². The van der Waals surface area contributed by atoms with Crippen LogP contribution in [0.15, 0.2) is 54.6 Å². The van der Waals surface area contributed by atoms with E-state index in [1.54, 1.807) is 4.90 Å². The molecule has 0 saturated heterocycles. The number of aromatic nitrogens is 1. The molecule has 1 aliphatic heterocycles. The SMILES string of the molecule is Cc1ccc(N2C(=O)c3cc4ccccc4n3C[C@@]2(C)C(=O)NC2CCCCCCC2)cc1. The van der Waals surface area contributed by atoms with Crippen molar-refractivity contribution >= 4 is 28.4 Å². The molecule has 5 nitrogen and oxygen atoms in total. The second kappa shape index (κ2) is 8.69. The molecule has 1 aliphatic carbocycles. The number of hydrogen-bond donors (Lipinski definition) is 1. The van der Waals surface area contributed by atoms with Gasteiger partial charge < -0.3 is 9.88 Å². The predicted octanol–water partition coefficient (Wildman–Crippen LogP) is 5.60. The lowest BCUT2D eigenvalue weighted by Gasteiger charge is -2.44. The summed E-state index contributed by atoms with van der Waals surface area (Å²) in [7, 11) is 0. The van der Waals surface area contributed by atoms with E-state index in [1.807, 2.05) is 73.0 Å². The van der Waals surface area contributed by atoms with Crippen molar-refractivity contribution in [3.05, 3.63) is 65.9 Å². The second-order valence-electron chi connectivity index (χ2n) is 9.94. The molecule has 2 amide bonds. The third-order valence-electron chi connectivity index (χ3n) is 7.41. The van der Waals surface area contributed by atoms with E-state index in [0.29, 0.717) is 12.2 Å². The summed E-state index contributed by atoms with van der Waals surface area (Å²) in [4.78, 5) is 29.6. The van der Waals surface area contributed by atoms with Crippen molar-refractivity contribution in [2.75, 3.05) is 4.90 Å². The molecular formula is C28H33N3O2. The van der Waals surface area contributed by atoms with Crippen LogP contribution in [0.4, 0.5) is 5.69 Å². The van der Waals surface area contributed by atoms with Gasteiger partial charge in [-0.3, -0.25) is 14.5 Å². The summed E-state index contributed by atoms with van der Waals surface area (Å²) in [6.45, 7) is 4.37. The highest BCUT2D eigenvalue weighted by atomic mass is 16.2. The first-order chi connectivity index (χ1) is 16.0. The van der Waals surface area contributed by atoms with E-state index in [0.717, 1.165) is 47.8 Å². The molecule has 1 fully saturated rings. The highest BCUT2D eigenvalue weighted by Gasteiger charge is 2.48. The summed E-state index contributed by atoms with van der Waals surface area (Å²) in [5.74, 6) is -0.193. The van der Waals surface area contributed by atoms with Crippen LogP contribution in [0.3, 0.4) is 0 Å². The lowest BCUT2D eigenvalue weighted by molar-refractivity contribution is -0.127. The molecule has 0 bridgehead atoms. The Morgan fingerprint density at radius 2 is 1.64 bits per heavy atom. The molecule has 3 aromatic rings. The summed E-state index contributed by atoms with van der Waals surface area (Å²) in [5.41, 5.74) is 2.49. The maximum Gasteiger partial charge on any atom is 0.275 e. The van der Waals surface area contributed by atoms with Gasteiger partial charge in [0.25, 0.3) is 5.91 Å². The molecule has 1 saturated carbocycles. The molecule has 5 rings (SSSR count). The van der Waals surface area contributed by atoms with Crippen LogP contribution in [0.1, 0.15) is 67.9 Å². The minimum atomic E-state index is -1.02. The summed E-state index contributed by atoms with van der Waals surface area (Å²) in [6, 6.07) is 18.0. The van der Waals surface area contributed by atoms with Gasteiger partial charge >= 0.3 is 0 Å². The van der Waals surface area contributed by atoms with Crippen molar-refractivity contribution in [3.63, 3.8) is 0 Å². The maximum atomic E-state index is 13.9. The van der Waals surface area contributed by atoms with Crippen LogP contribution in [0.5, 0.6) is 0 Å². The largest absolute Gasteiger partial charge is 0.351 e. The maximum absolute atomic E-state index is 13.9. The molecule has 2 aliphatic rings. The van der Waals surface area contributed by atoms with Gasteiger partial charge in [-0.2, -0.15) is 0 Å². The molecule has 1 N–H and O–H groups in total. The number of amides is 2. The van der Waals surface area contributed by atoms with Gasteiger partial charge in [0, 0.05) is 22.6 Å². The highest BCUT2D eigenvalue weighted by molar-refractivity contribution is 6.14. The number of aryl methyl sites for hydroxylation is 1. The van der Waals surface area contributed by atoms with Gasteiger partial charge in [0.15, 0.2) is 0 Å². The highest BCUT2D eigenvalue weighted by Crippen LogP contribution is 2.36. The number of fused-ring (bicyclic) bond motifs is 3. The number of nitrogens with zero attached hydrogens (tertiary/aromatic N) is 2. The van der Waals surface area contributed by atoms with E-state index < -0.39 is 5.54 Å². The van der Waals surface area contributed by atoms with E-state index >= 15 is 0 Å². The Labute approximate surface area is 195 Å².